The van der Waals surface area contributed by atoms with Gasteiger partial charge < -0.3 is 5.11 Å². The molecule has 2 aromatic carbocycles. The van der Waals surface area contributed by atoms with Gasteiger partial charge in [0.25, 0.3) is 0 Å². The number of halogens is 3. The highest BCUT2D eigenvalue weighted by Crippen LogP contribution is 2.35. The molecule has 96 valence electrons. The van der Waals surface area contributed by atoms with Crippen LogP contribution in [-0.4, -0.2) is 5.11 Å². The van der Waals surface area contributed by atoms with Gasteiger partial charge in [-0.1, -0.05) is 12.1 Å². The lowest BCUT2D eigenvalue weighted by Crippen LogP contribution is -2.04. The van der Waals surface area contributed by atoms with E-state index in [1.165, 1.54) is 12.1 Å². The fourth-order valence-corrected chi connectivity index (χ4v) is 1.71. The first-order valence-corrected chi connectivity index (χ1v) is 5.32. The number of phenols is 1. The van der Waals surface area contributed by atoms with Gasteiger partial charge in [-0.05, 0) is 41.5 Å². The van der Waals surface area contributed by atoms with Crippen LogP contribution in [-0.2, 0) is 6.18 Å². The zero-order chi connectivity index (χ0) is 14.0. The van der Waals surface area contributed by atoms with Gasteiger partial charge in [0.1, 0.15) is 5.75 Å². The molecular formula is C14H8F3NO. The van der Waals surface area contributed by atoms with Crippen LogP contribution >= 0.6 is 0 Å². The van der Waals surface area contributed by atoms with Crippen LogP contribution in [0.2, 0.25) is 0 Å². The standard InChI is InChI=1S/C14H8F3NO/c15-14(16,17)12-5-11(6-13(19)7-12)10-3-1-2-9(4-10)8-18/h1-7,19H. The lowest BCUT2D eigenvalue weighted by molar-refractivity contribution is -0.137. The third-order valence-corrected chi connectivity index (χ3v) is 2.57. The maximum atomic E-state index is 12.6. The topological polar surface area (TPSA) is 44.0 Å². The second kappa shape index (κ2) is 4.65. The van der Waals surface area contributed by atoms with E-state index in [2.05, 4.69) is 0 Å². The molecule has 0 aliphatic rings. The van der Waals surface area contributed by atoms with Crippen LogP contribution in [0, 0.1) is 11.3 Å². The average Bonchev–Trinajstić information content (AvgIpc) is 2.37. The maximum Gasteiger partial charge on any atom is 0.416 e. The Morgan fingerprint density at radius 2 is 1.74 bits per heavy atom. The summed E-state index contributed by atoms with van der Waals surface area (Å²) in [6, 6.07) is 10.9. The molecule has 0 radical (unpaired) electrons. The highest BCUT2D eigenvalue weighted by molar-refractivity contribution is 5.67. The molecule has 0 heterocycles. The van der Waals surface area contributed by atoms with E-state index < -0.39 is 17.5 Å². The monoisotopic (exact) mass is 263 g/mol. The summed E-state index contributed by atoms with van der Waals surface area (Å²) in [6.07, 6.45) is -4.53. The van der Waals surface area contributed by atoms with Crippen molar-refractivity contribution in [1.82, 2.24) is 0 Å². The molecule has 0 spiro atoms. The largest absolute Gasteiger partial charge is 0.508 e. The molecule has 0 atom stereocenters. The number of aromatic hydroxyl groups is 1. The molecule has 1 N–H and O–H groups in total. The molecule has 2 nitrogen and oxygen atoms in total. The number of phenolic OH excluding ortho intramolecular Hbond substituents is 1. The lowest BCUT2D eigenvalue weighted by atomic mass is 10.0. The van der Waals surface area contributed by atoms with Gasteiger partial charge in [0.2, 0.25) is 0 Å². The minimum Gasteiger partial charge on any atom is -0.508 e. The van der Waals surface area contributed by atoms with Crippen LogP contribution in [0.5, 0.6) is 5.75 Å². The van der Waals surface area contributed by atoms with Crippen molar-refractivity contribution in [2.75, 3.05) is 0 Å². The molecule has 0 aliphatic heterocycles. The zero-order valence-electron chi connectivity index (χ0n) is 9.57. The van der Waals surface area contributed by atoms with Gasteiger partial charge in [0.15, 0.2) is 0 Å². The summed E-state index contributed by atoms with van der Waals surface area (Å²) in [7, 11) is 0. The van der Waals surface area contributed by atoms with Gasteiger partial charge in [0.05, 0.1) is 17.2 Å². The number of nitrogens with zero attached hydrogens (tertiary/aromatic N) is 1. The van der Waals surface area contributed by atoms with Crippen LogP contribution in [0.1, 0.15) is 11.1 Å². The molecule has 19 heavy (non-hydrogen) atoms. The molecule has 0 saturated heterocycles. The van der Waals surface area contributed by atoms with E-state index in [1.54, 1.807) is 18.2 Å². The Morgan fingerprint density at radius 3 is 2.37 bits per heavy atom. The van der Waals surface area contributed by atoms with Crippen LogP contribution in [0.15, 0.2) is 42.5 Å². The average molecular weight is 263 g/mol. The molecule has 0 aromatic heterocycles. The van der Waals surface area contributed by atoms with Crippen molar-refractivity contribution in [2.45, 2.75) is 6.18 Å². The molecule has 0 bridgehead atoms. The minimum absolute atomic E-state index is 0.212. The Morgan fingerprint density at radius 1 is 1.00 bits per heavy atom. The molecule has 2 rings (SSSR count). The SMILES string of the molecule is N#Cc1cccc(-c2cc(O)cc(C(F)(F)F)c2)c1. The third kappa shape index (κ3) is 2.86. The van der Waals surface area contributed by atoms with Crippen molar-refractivity contribution in [1.29, 1.82) is 5.26 Å². The van der Waals surface area contributed by atoms with E-state index in [0.717, 1.165) is 6.07 Å². The summed E-state index contributed by atoms with van der Waals surface area (Å²) >= 11 is 0. The van der Waals surface area contributed by atoms with Crippen LogP contribution < -0.4 is 0 Å². The van der Waals surface area contributed by atoms with Crippen LogP contribution in [0.3, 0.4) is 0 Å². The molecule has 0 amide bonds. The zero-order valence-corrected chi connectivity index (χ0v) is 9.57. The van der Waals surface area contributed by atoms with E-state index in [9.17, 15) is 18.3 Å². The van der Waals surface area contributed by atoms with E-state index in [-0.39, 0.29) is 5.56 Å². The first-order valence-electron chi connectivity index (χ1n) is 5.32. The fraction of sp³-hybridized carbons (Fsp3) is 0.0714. The van der Waals surface area contributed by atoms with E-state index >= 15 is 0 Å². The van der Waals surface area contributed by atoms with Gasteiger partial charge in [0, 0.05) is 0 Å². The number of benzene rings is 2. The van der Waals surface area contributed by atoms with Gasteiger partial charge in [-0.25, -0.2) is 0 Å². The van der Waals surface area contributed by atoms with Gasteiger partial charge >= 0.3 is 6.18 Å². The molecule has 2 aromatic rings. The molecular weight excluding hydrogens is 255 g/mol. The summed E-state index contributed by atoms with van der Waals surface area (Å²) in [5.41, 5.74) is 0.0733. The number of hydrogen-bond donors (Lipinski definition) is 1. The molecule has 0 fully saturated rings. The fourth-order valence-electron chi connectivity index (χ4n) is 1.71. The Kier molecular flexibility index (Phi) is 3.17. The van der Waals surface area contributed by atoms with Crippen LogP contribution in [0.25, 0.3) is 11.1 Å². The highest BCUT2D eigenvalue weighted by Gasteiger charge is 2.31. The summed E-state index contributed by atoms with van der Waals surface area (Å²) < 4.78 is 37.9. The molecule has 5 heteroatoms. The van der Waals surface area contributed by atoms with Crippen molar-refractivity contribution >= 4 is 0 Å². The molecule has 0 saturated carbocycles. The van der Waals surface area contributed by atoms with E-state index in [1.807, 2.05) is 6.07 Å². The molecule has 0 unspecified atom stereocenters. The predicted octanol–water partition coefficient (Wildman–Crippen LogP) is 3.95. The van der Waals surface area contributed by atoms with Crippen molar-refractivity contribution in [3.05, 3.63) is 53.6 Å². The number of alkyl halides is 3. The third-order valence-electron chi connectivity index (χ3n) is 2.57. The quantitative estimate of drug-likeness (QED) is 0.846. The second-order valence-corrected chi connectivity index (χ2v) is 3.96. The van der Waals surface area contributed by atoms with Crippen molar-refractivity contribution in [2.24, 2.45) is 0 Å². The van der Waals surface area contributed by atoms with E-state index in [0.29, 0.717) is 17.2 Å². The van der Waals surface area contributed by atoms with Crippen molar-refractivity contribution in [3.8, 4) is 22.9 Å². The van der Waals surface area contributed by atoms with Gasteiger partial charge in [-0.3, -0.25) is 0 Å². The summed E-state index contributed by atoms with van der Waals surface area (Å²) in [5, 5.41) is 18.1. The van der Waals surface area contributed by atoms with Gasteiger partial charge in [-0.2, -0.15) is 18.4 Å². The normalized spacial score (nSPS) is 11.1. The van der Waals surface area contributed by atoms with Crippen molar-refractivity contribution < 1.29 is 18.3 Å². The number of nitriles is 1. The summed E-state index contributed by atoms with van der Waals surface area (Å²) in [5.74, 6) is -0.466. The minimum atomic E-state index is -4.53. The summed E-state index contributed by atoms with van der Waals surface area (Å²) in [6.45, 7) is 0. The number of rotatable bonds is 1. The predicted molar refractivity (Wildman–Crippen MR) is 63.3 cm³/mol. The summed E-state index contributed by atoms with van der Waals surface area (Å²) in [4.78, 5) is 0. The maximum absolute atomic E-state index is 12.6. The highest BCUT2D eigenvalue weighted by atomic mass is 19.4. The van der Waals surface area contributed by atoms with Crippen LogP contribution in [0.4, 0.5) is 13.2 Å². The Balaban J connectivity index is 2.57. The lowest BCUT2D eigenvalue weighted by Gasteiger charge is -2.10. The molecule has 0 aliphatic carbocycles. The second-order valence-electron chi connectivity index (χ2n) is 3.96. The van der Waals surface area contributed by atoms with Crippen molar-refractivity contribution in [3.63, 3.8) is 0 Å². The Labute approximate surface area is 107 Å². The Hall–Kier alpha value is -2.48. The van der Waals surface area contributed by atoms with Gasteiger partial charge in [-0.15, -0.1) is 0 Å². The number of hydrogen-bond acceptors (Lipinski definition) is 2. The first-order chi connectivity index (χ1) is 8.90. The Bertz CT molecular complexity index is 656. The smallest absolute Gasteiger partial charge is 0.416 e. The van der Waals surface area contributed by atoms with E-state index in [4.69, 9.17) is 5.26 Å². The first kappa shape index (κ1) is 13.0.